The third-order valence-electron chi connectivity index (χ3n) is 3.73. The molecule has 1 N–H and O–H groups in total. The molecule has 1 saturated heterocycles. The molecule has 0 saturated carbocycles. The zero-order valence-electron chi connectivity index (χ0n) is 10.8. The van der Waals surface area contributed by atoms with Crippen LogP contribution in [0.25, 0.3) is 0 Å². The van der Waals surface area contributed by atoms with Gasteiger partial charge in [0.2, 0.25) is 0 Å². The van der Waals surface area contributed by atoms with Gasteiger partial charge in [0.1, 0.15) is 0 Å². The van der Waals surface area contributed by atoms with Crippen LogP contribution in [-0.2, 0) is 4.79 Å². The third kappa shape index (κ3) is 3.48. The van der Waals surface area contributed by atoms with E-state index >= 15 is 0 Å². The molecule has 1 heterocycles. The molecule has 2 atom stereocenters. The van der Waals surface area contributed by atoms with Gasteiger partial charge < -0.3 is 5.11 Å². The molecule has 1 rings (SSSR count). The molecule has 0 radical (unpaired) electrons. The van der Waals surface area contributed by atoms with Crippen LogP contribution in [0.4, 0.5) is 0 Å². The van der Waals surface area contributed by atoms with Crippen molar-refractivity contribution < 1.29 is 9.90 Å². The van der Waals surface area contributed by atoms with E-state index in [9.17, 15) is 4.79 Å². The van der Waals surface area contributed by atoms with E-state index in [2.05, 4.69) is 25.7 Å². The summed E-state index contributed by atoms with van der Waals surface area (Å²) < 4.78 is 0. The quantitative estimate of drug-likeness (QED) is 0.803. The topological polar surface area (TPSA) is 40.5 Å². The van der Waals surface area contributed by atoms with Crippen molar-refractivity contribution in [2.24, 2.45) is 5.92 Å². The monoisotopic (exact) mass is 227 g/mol. The van der Waals surface area contributed by atoms with Crippen LogP contribution in [-0.4, -0.2) is 34.6 Å². The standard InChI is InChI=1S/C13H25NO2/c1-4-12-11(9-13(15)16)7-5-6-8-14(12)10(2)3/h10-12H,4-9H2,1-3H3,(H,15,16)/t11-,12-/m1/s1. The molecular weight excluding hydrogens is 202 g/mol. The van der Waals surface area contributed by atoms with Gasteiger partial charge in [0.05, 0.1) is 0 Å². The highest BCUT2D eigenvalue weighted by Crippen LogP contribution is 2.29. The van der Waals surface area contributed by atoms with Crippen molar-refractivity contribution in [2.45, 2.75) is 65.0 Å². The number of hydrogen-bond donors (Lipinski definition) is 1. The molecule has 0 unspecified atom stereocenters. The Morgan fingerprint density at radius 1 is 1.44 bits per heavy atom. The highest BCUT2D eigenvalue weighted by molar-refractivity contribution is 5.67. The predicted octanol–water partition coefficient (Wildman–Crippen LogP) is 2.75. The van der Waals surface area contributed by atoms with E-state index in [1.165, 1.54) is 12.8 Å². The Labute approximate surface area is 98.8 Å². The zero-order chi connectivity index (χ0) is 12.1. The average Bonchev–Trinajstić information content (AvgIpc) is 2.39. The second kappa shape index (κ2) is 6.24. The molecule has 0 bridgehead atoms. The Bertz CT molecular complexity index is 228. The third-order valence-corrected chi connectivity index (χ3v) is 3.73. The van der Waals surface area contributed by atoms with E-state index in [0.717, 1.165) is 19.4 Å². The Morgan fingerprint density at radius 2 is 2.12 bits per heavy atom. The maximum atomic E-state index is 10.9. The van der Waals surface area contributed by atoms with E-state index < -0.39 is 5.97 Å². The van der Waals surface area contributed by atoms with E-state index in [1.54, 1.807) is 0 Å². The lowest BCUT2D eigenvalue weighted by atomic mass is 9.89. The van der Waals surface area contributed by atoms with Crippen LogP contribution in [0.1, 0.15) is 52.9 Å². The summed E-state index contributed by atoms with van der Waals surface area (Å²) in [7, 11) is 0. The predicted molar refractivity (Wildman–Crippen MR) is 65.5 cm³/mol. The van der Waals surface area contributed by atoms with Gasteiger partial charge in [0.25, 0.3) is 0 Å². The molecule has 3 nitrogen and oxygen atoms in total. The van der Waals surface area contributed by atoms with E-state index in [0.29, 0.717) is 24.4 Å². The molecule has 0 aliphatic carbocycles. The zero-order valence-corrected chi connectivity index (χ0v) is 10.8. The lowest BCUT2D eigenvalue weighted by molar-refractivity contribution is -0.138. The second-order valence-electron chi connectivity index (χ2n) is 5.16. The lowest BCUT2D eigenvalue weighted by Gasteiger charge is -2.36. The molecule has 1 fully saturated rings. The smallest absolute Gasteiger partial charge is 0.303 e. The fraction of sp³-hybridized carbons (Fsp3) is 0.923. The molecule has 0 aromatic carbocycles. The number of carbonyl (C=O) groups is 1. The molecule has 1 aliphatic heterocycles. The summed E-state index contributed by atoms with van der Waals surface area (Å²) in [6.07, 6.45) is 4.87. The highest BCUT2D eigenvalue weighted by atomic mass is 16.4. The molecule has 0 aromatic heterocycles. The van der Waals surface area contributed by atoms with E-state index in [1.807, 2.05) is 0 Å². The fourth-order valence-electron chi connectivity index (χ4n) is 3.00. The Morgan fingerprint density at radius 3 is 2.62 bits per heavy atom. The molecule has 0 spiro atoms. The second-order valence-corrected chi connectivity index (χ2v) is 5.16. The summed E-state index contributed by atoms with van der Waals surface area (Å²) >= 11 is 0. The molecular formula is C13H25NO2. The number of carboxylic acids is 1. The first kappa shape index (κ1) is 13.5. The SMILES string of the molecule is CC[C@@H]1[C@@H](CC(=O)O)CCCCN1C(C)C. The van der Waals surface area contributed by atoms with Gasteiger partial charge in [-0.15, -0.1) is 0 Å². The van der Waals surface area contributed by atoms with Gasteiger partial charge in [0, 0.05) is 18.5 Å². The normalized spacial score (nSPS) is 28.0. The van der Waals surface area contributed by atoms with Crippen molar-refractivity contribution in [3.63, 3.8) is 0 Å². The van der Waals surface area contributed by atoms with Crippen LogP contribution in [0.5, 0.6) is 0 Å². The minimum atomic E-state index is -0.644. The molecule has 94 valence electrons. The summed E-state index contributed by atoms with van der Waals surface area (Å²) in [6, 6.07) is 0.984. The minimum absolute atomic E-state index is 0.335. The molecule has 16 heavy (non-hydrogen) atoms. The minimum Gasteiger partial charge on any atom is -0.481 e. The Kier molecular flexibility index (Phi) is 5.26. The van der Waals surface area contributed by atoms with Crippen LogP contribution in [0.15, 0.2) is 0 Å². The summed E-state index contributed by atoms with van der Waals surface area (Å²) in [5.41, 5.74) is 0. The van der Waals surface area contributed by atoms with Crippen molar-refractivity contribution in [1.29, 1.82) is 0 Å². The highest BCUT2D eigenvalue weighted by Gasteiger charge is 2.30. The molecule has 0 aromatic rings. The van der Waals surface area contributed by atoms with Crippen molar-refractivity contribution in [3.8, 4) is 0 Å². The summed E-state index contributed by atoms with van der Waals surface area (Å²) in [4.78, 5) is 13.4. The Hall–Kier alpha value is -0.570. The van der Waals surface area contributed by atoms with Gasteiger partial charge >= 0.3 is 5.97 Å². The molecule has 3 heteroatoms. The van der Waals surface area contributed by atoms with Crippen molar-refractivity contribution in [1.82, 2.24) is 4.90 Å². The van der Waals surface area contributed by atoms with Crippen molar-refractivity contribution in [2.75, 3.05) is 6.54 Å². The number of aliphatic carboxylic acids is 1. The number of nitrogens with zero attached hydrogens (tertiary/aromatic N) is 1. The maximum Gasteiger partial charge on any atom is 0.303 e. The van der Waals surface area contributed by atoms with Gasteiger partial charge in [0.15, 0.2) is 0 Å². The van der Waals surface area contributed by atoms with Crippen molar-refractivity contribution >= 4 is 5.97 Å². The van der Waals surface area contributed by atoms with Crippen LogP contribution >= 0.6 is 0 Å². The summed E-state index contributed by atoms with van der Waals surface area (Å²) in [5.74, 6) is -0.304. The number of rotatable bonds is 4. The number of carboxylic acid groups (broad SMARTS) is 1. The Balaban J connectivity index is 2.75. The number of likely N-dealkylation sites (tertiary alicyclic amines) is 1. The van der Waals surface area contributed by atoms with Crippen molar-refractivity contribution in [3.05, 3.63) is 0 Å². The first-order valence-electron chi connectivity index (χ1n) is 6.53. The first-order chi connectivity index (χ1) is 7.56. The van der Waals surface area contributed by atoms with Gasteiger partial charge in [-0.1, -0.05) is 13.3 Å². The van der Waals surface area contributed by atoms with Gasteiger partial charge in [-0.2, -0.15) is 0 Å². The summed E-state index contributed by atoms with van der Waals surface area (Å²) in [5, 5.41) is 8.98. The molecule has 0 amide bonds. The van der Waals surface area contributed by atoms with Gasteiger partial charge in [-0.25, -0.2) is 0 Å². The van der Waals surface area contributed by atoms with Crippen LogP contribution < -0.4 is 0 Å². The first-order valence-corrected chi connectivity index (χ1v) is 6.53. The average molecular weight is 227 g/mol. The largest absolute Gasteiger partial charge is 0.481 e. The lowest BCUT2D eigenvalue weighted by Crippen LogP contribution is -2.44. The van der Waals surface area contributed by atoms with E-state index in [-0.39, 0.29) is 0 Å². The van der Waals surface area contributed by atoms with Gasteiger partial charge in [-0.05, 0) is 45.6 Å². The molecule has 1 aliphatic rings. The van der Waals surface area contributed by atoms with E-state index in [4.69, 9.17) is 5.11 Å². The fourth-order valence-corrected chi connectivity index (χ4v) is 3.00. The van der Waals surface area contributed by atoms with Gasteiger partial charge in [-0.3, -0.25) is 9.69 Å². The van der Waals surface area contributed by atoms with Crippen LogP contribution in [0.3, 0.4) is 0 Å². The number of hydrogen-bond acceptors (Lipinski definition) is 2. The van der Waals surface area contributed by atoms with Crippen LogP contribution in [0.2, 0.25) is 0 Å². The maximum absolute atomic E-state index is 10.9. The summed E-state index contributed by atoms with van der Waals surface area (Å²) in [6.45, 7) is 7.74. The van der Waals surface area contributed by atoms with Crippen LogP contribution in [0, 0.1) is 5.92 Å².